The minimum absolute atomic E-state index is 0.0323. The van der Waals surface area contributed by atoms with E-state index in [0.29, 0.717) is 24.0 Å². The van der Waals surface area contributed by atoms with Crippen LogP contribution in [0.25, 0.3) is 0 Å². The van der Waals surface area contributed by atoms with E-state index in [4.69, 9.17) is 9.97 Å². The first-order chi connectivity index (χ1) is 21.1. The lowest BCUT2D eigenvalue weighted by Gasteiger charge is -2.70. The second-order valence-electron chi connectivity index (χ2n) is 17.1. The van der Waals surface area contributed by atoms with Gasteiger partial charge in [-0.25, -0.2) is 4.79 Å². The summed E-state index contributed by atoms with van der Waals surface area (Å²) in [4.78, 5) is 36.2. The summed E-state index contributed by atoms with van der Waals surface area (Å²) in [5.74, 6) is 0.566. The summed E-state index contributed by atoms with van der Waals surface area (Å²) >= 11 is 1.62. The van der Waals surface area contributed by atoms with E-state index in [9.17, 15) is 19.8 Å². The van der Waals surface area contributed by atoms with Crippen LogP contribution >= 0.6 is 11.8 Å². The molecule has 9 atom stereocenters. The van der Waals surface area contributed by atoms with Crippen LogP contribution in [0.15, 0.2) is 24.0 Å². The van der Waals surface area contributed by atoms with Gasteiger partial charge in [-0.1, -0.05) is 53.2 Å². The van der Waals surface area contributed by atoms with Gasteiger partial charge in [-0.3, -0.25) is 14.8 Å². The molecule has 1 aromatic heterocycles. The number of nitrogens with zero attached hydrogens (tertiary/aromatic N) is 2. The Labute approximate surface area is 274 Å². The van der Waals surface area contributed by atoms with Crippen molar-refractivity contribution in [2.75, 3.05) is 18.6 Å². The number of rotatable bonds is 7. The van der Waals surface area contributed by atoms with Crippen molar-refractivity contribution < 1.29 is 19.8 Å². The maximum Gasteiger partial charge on any atom is 0.326 e. The fourth-order valence-corrected chi connectivity index (χ4v) is 12.3. The summed E-state index contributed by atoms with van der Waals surface area (Å²) in [6, 6.07) is -0.848. The number of hydrogen-bond donors (Lipinski definition) is 3. The van der Waals surface area contributed by atoms with Gasteiger partial charge in [-0.05, 0) is 116 Å². The maximum absolute atomic E-state index is 14.4. The number of fused-ring (bicyclic) bond motifs is 8. The molecule has 45 heavy (non-hydrogen) atoms. The molecule has 1 amide bonds. The highest BCUT2D eigenvalue weighted by atomic mass is 32.2. The molecular formula is C37H55N3O4S. The molecule has 1 aromatic rings. The highest BCUT2D eigenvalue weighted by Crippen LogP contribution is 2.75. The molecule has 248 valence electrons. The molecule has 0 aromatic carbocycles. The summed E-state index contributed by atoms with van der Waals surface area (Å²) in [6.45, 7) is 14.5. The first-order valence-electron chi connectivity index (χ1n) is 17.3. The van der Waals surface area contributed by atoms with Crippen molar-refractivity contribution in [3.8, 4) is 0 Å². The molecule has 0 spiro atoms. The molecule has 7 nitrogen and oxygen atoms in total. The smallest absolute Gasteiger partial charge is 0.326 e. The summed E-state index contributed by atoms with van der Waals surface area (Å²) < 4.78 is 0. The molecule has 3 saturated carbocycles. The third-order valence-electron chi connectivity index (χ3n) is 14.5. The van der Waals surface area contributed by atoms with Crippen molar-refractivity contribution in [3.05, 3.63) is 35.4 Å². The van der Waals surface area contributed by atoms with Crippen molar-refractivity contribution in [1.82, 2.24) is 15.3 Å². The molecule has 5 aliphatic rings. The van der Waals surface area contributed by atoms with E-state index in [-0.39, 0.29) is 40.1 Å². The first-order valence-corrected chi connectivity index (χ1v) is 18.7. The number of aliphatic hydroxyl groups is 1. The van der Waals surface area contributed by atoms with Gasteiger partial charge in [0.25, 0.3) is 0 Å². The first kappa shape index (κ1) is 33.0. The van der Waals surface area contributed by atoms with Gasteiger partial charge in [0.1, 0.15) is 6.04 Å². The van der Waals surface area contributed by atoms with Crippen molar-refractivity contribution in [2.24, 2.45) is 44.8 Å². The van der Waals surface area contributed by atoms with Crippen LogP contribution in [0.3, 0.4) is 0 Å². The van der Waals surface area contributed by atoms with Crippen LogP contribution in [-0.4, -0.2) is 56.7 Å². The largest absolute Gasteiger partial charge is 0.480 e. The lowest BCUT2D eigenvalue weighted by molar-refractivity contribution is -0.172. The van der Waals surface area contributed by atoms with Crippen LogP contribution < -0.4 is 5.32 Å². The van der Waals surface area contributed by atoms with Crippen LogP contribution in [0.1, 0.15) is 111 Å². The van der Waals surface area contributed by atoms with Crippen LogP contribution in [0.5, 0.6) is 0 Å². The van der Waals surface area contributed by atoms with E-state index in [1.54, 1.807) is 24.2 Å². The van der Waals surface area contributed by atoms with E-state index >= 15 is 0 Å². The van der Waals surface area contributed by atoms with Crippen LogP contribution in [-0.2, 0) is 21.4 Å². The van der Waals surface area contributed by atoms with Gasteiger partial charge in [0.05, 0.1) is 23.4 Å². The van der Waals surface area contributed by atoms with Gasteiger partial charge in [-0.15, -0.1) is 0 Å². The molecule has 0 unspecified atom stereocenters. The predicted molar refractivity (Wildman–Crippen MR) is 179 cm³/mol. The number of carbonyl (C=O) groups is 2. The van der Waals surface area contributed by atoms with Crippen molar-refractivity contribution in [1.29, 1.82) is 0 Å². The molecule has 3 N–H and O–H groups in total. The highest BCUT2D eigenvalue weighted by Gasteiger charge is 2.69. The minimum atomic E-state index is -0.937. The lowest BCUT2D eigenvalue weighted by Crippen LogP contribution is -2.66. The molecule has 5 aliphatic carbocycles. The van der Waals surface area contributed by atoms with Gasteiger partial charge in [0.15, 0.2) is 0 Å². The zero-order valence-electron chi connectivity index (χ0n) is 28.5. The SMILES string of the molecule is CSCC[C@H](NC(=O)[C@]12CCC(C)(C)C[C@H]1C1=CC[C@@H]3[C@@]4(C)Cc5nccnc5[C@@](C)(CO)[C@@H]4CC[C@@]3(C)[C@]1(C)CC2)C(=O)O. The molecule has 1 heterocycles. The van der Waals surface area contributed by atoms with Gasteiger partial charge >= 0.3 is 5.97 Å². The molecule has 6 rings (SSSR count). The fraction of sp³-hybridized carbons (Fsp3) is 0.784. The number of thioether (sulfide) groups is 1. The molecule has 0 bridgehead atoms. The van der Waals surface area contributed by atoms with E-state index < -0.39 is 22.8 Å². The number of carboxylic acids is 1. The Bertz CT molecular complexity index is 1400. The Kier molecular flexibility index (Phi) is 8.11. The molecule has 3 fully saturated rings. The van der Waals surface area contributed by atoms with Crippen molar-refractivity contribution >= 4 is 23.6 Å². The molecule has 0 aliphatic heterocycles. The van der Waals surface area contributed by atoms with E-state index in [2.05, 4.69) is 52.9 Å². The normalized spacial score (nSPS) is 42.0. The summed E-state index contributed by atoms with van der Waals surface area (Å²) in [5.41, 5.74) is 2.55. The third kappa shape index (κ3) is 4.69. The number of amides is 1. The Balaban J connectivity index is 1.40. The molecule has 0 radical (unpaired) electrons. The number of carbonyl (C=O) groups excluding carboxylic acids is 1. The lowest BCUT2D eigenvalue weighted by atomic mass is 9.33. The maximum atomic E-state index is 14.4. The fourth-order valence-electron chi connectivity index (χ4n) is 11.8. The van der Waals surface area contributed by atoms with Gasteiger partial charge in [0.2, 0.25) is 5.91 Å². The average Bonchev–Trinajstić information content (AvgIpc) is 2.99. The monoisotopic (exact) mass is 637 g/mol. The molecule has 8 heteroatoms. The van der Waals surface area contributed by atoms with Crippen molar-refractivity contribution in [2.45, 2.75) is 117 Å². The number of nitrogens with one attached hydrogen (secondary N) is 1. The summed E-state index contributed by atoms with van der Waals surface area (Å²) in [5, 5.41) is 24.0. The number of aliphatic hydroxyl groups excluding tert-OH is 1. The third-order valence-corrected chi connectivity index (χ3v) is 15.2. The quantitative estimate of drug-likeness (QED) is 0.289. The molecule has 0 saturated heterocycles. The molecular weight excluding hydrogens is 582 g/mol. The highest BCUT2D eigenvalue weighted by molar-refractivity contribution is 7.98. The predicted octanol–water partition coefficient (Wildman–Crippen LogP) is 6.59. The topological polar surface area (TPSA) is 112 Å². The van der Waals surface area contributed by atoms with Crippen LogP contribution in [0.2, 0.25) is 0 Å². The summed E-state index contributed by atoms with van der Waals surface area (Å²) in [7, 11) is 0. The second kappa shape index (κ2) is 11.1. The Hall–Kier alpha value is -1.93. The number of carboxylic acid groups (broad SMARTS) is 1. The zero-order valence-corrected chi connectivity index (χ0v) is 29.4. The van der Waals surface area contributed by atoms with Crippen LogP contribution in [0.4, 0.5) is 0 Å². The number of hydrogen-bond acceptors (Lipinski definition) is 6. The second-order valence-corrected chi connectivity index (χ2v) is 18.1. The minimum Gasteiger partial charge on any atom is -0.480 e. The van der Waals surface area contributed by atoms with Crippen molar-refractivity contribution in [3.63, 3.8) is 0 Å². The van der Waals surface area contributed by atoms with E-state index in [0.717, 1.165) is 69.2 Å². The Morgan fingerprint density at radius 3 is 2.42 bits per heavy atom. The Morgan fingerprint density at radius 1 is 1.02 bits per heavy atom. The summed E-state index contributed by atoms with van der Waals surface area (Å²) in [6.07, 6.45) is 17.0. The average molecular weight is 638 g/mol. The van der Waals surface area contributed by atoms with E-state index in [1.165, 1.54) is 5.57 Å². The van der Waals surface area contributed by atoms with Gasteiger partial charge in [0, 0.05) is 17.8 Å². The standard InChI is InChI=1S/C37H55N3O4S/c1-32(2)13-15-37(31(44)40-25(30(42)43)11-19-45-7)16-14-35(5)23(24(37)20-32)8-9-28-33(3)21-26-29(39-18-17-38-26)34(4,22-41)27(33)10-12-36(28,35)6/h8,17-18,24-25,27-28,41H,9-16,19-22H2,1-7H3,(H,40,44)(H,42,43)/t24-,25-,27+,28+,33-,34-,35+,36+,37-/m0/s1. The van der Waals surface area contributed by atoms with Gasteiger partial charge < -0.3 is 15.5 Å². The van der Waals surface area contributed by atoms with Crippen LogP contribution in [0, 0.1) is 44.8 Å². The number of allylic oxidation sites excluding steroid dienone is 2. The van der Waals surface area contributed by atoms with Gasteiger partial charge in [-0.2, -0.15) is 11.8 Å². The van der Waals surface area contributed by atoms with E-state index in [1.807, 2.05) is 6.26 Å². The Morgan fingerprint density at radius 2 is 1.73 bits per heavy atom. The number of aliphatic carboxylic acids is 1. The number of aromatic nitrogens is 2. The zero-order chi connectivity index (χ0) is 32.6.